The molecule has 1 aliphatic rings. The van der Waals surface area contributed by atoms with Crippen LogP contribution < -0.4 is 0 Å². The fourth-order valence-corrected chi connectivity index (χ4v) is 3.59. The van der Waals surface area contributed by atoms with Crippen LogP contribution in [0.25, 0.3) is 0 Å². The van der Waals surface area contributed by atoms with E-state index >= 15 is 0 Å². The molecule has 2 unspecified atom stereocenters. The molecule has 1 N–H and O–H groups in total. The highest BCUT2D eigenvalue weighted by molar-refractivity contribution is 6.04. The van der Waals surface area contributed by atoms with Gasteiger partial charge in [-0.1, -0.05) is 11.6 Å². The highest BCUT2D eigenvalue weighted by atomic mass is 19.1. The van der Waals surface area contributed by atoms with E-state index in [0.717, 1.165) is 5.57 Å². The molecule has 138 valence electrons. The van der Waals surface area contributed by atoms with Gasteiger partial charge in [-0.3, -0.25) is 4.79 Å². The number of methoxy groups -OCH3 is 1. The summed E-state index contributed by atoms with van der Waals surface area (Å²) in [6, 6.07) is 5.34. The van der Waals surface area contributed by atoms with Gasteiger partial charge in [-0.25, -0.2) is 9.18 Å². The van der Waals surface area contributed by atoms with Crippen molar-refractivity contribution in [1.82, 2.24) is 0 Å². The van der Waals surface area contributed by atoms with Gasteiger partial charge in [0.2, 0.25) is 0 Å². The van der Waals surface area contributed by atoms with Crippen molar-refractivity contribution in [3.8, 4) is 0 Å². The van der Waals surface area contributed by atoms with Gasteiger partial charge in [0, 0.05) is 18.1 Å². The van der Waals surface area contributed by atoms with E-state index in [2.05, 4.69) is 0 Å². The predicted octanol–water partition coefficient (Wildman–Crippen LogP) is 4.34. The summed E-state index contributed by atoms with van der Waals surface area (Å²) in [6.45, 7) is 7.27. The SMILES string of the molecule is COC1C(C)=C(C(=O)O)C(C)=C(C)C1(C)C=CC(=O)c1ccc(F)cc1. The Morgan fingerprint density at radius 3 is 2.27 bits per heavy atom. The Labute approximate surface area is 152 Å². The lowest BCUT2D eigenvalue weighted by atomic mass is 9.67. The first-order valence-electron chi connectivity index (χ1n) is 8.27. The molecule has 0 amide bonds. The number of halogens is 1. The van der Waals surface area contributed by atoms with Crippen molar-refractivity contribution in [2.45, 2.75) is 33.8 Å². The lowest BCUT2D eigenvalue weighted by Crippen LogP contribution is -2.39. The normalized spacial score (nSPS) is 23.7. The van der Waals surface area contributed by atoms with Crippen LogP contribution in [0.4, 0.5) is 4.39 Å². The fourth-order valence-electron chi connectivity index (χ4n) is 3.59. The highest BCUT2D eigenvalue weighted by Crippen LogP contribution is 2.45. The van der Waals surface area contributed by atoms with Gasteiger partial charge >= 0.3 is 5.97 Å². The van der Waals surface area contributed by atoms with Crippen molar-refractivity contribution >= 4 is 11.8 Å². The summed E-state index contributed by atoms with van der Waals surface area (Å²) in [6.07, 6.45) is 2.68. The Bertz CT molecular complexity index is 830. The average molecular weight is 358 g/mol. The molecule has 0 bridgehead atoms. The zero-order valence-electron chi connectivity index (χ0n) is 15.6. The number of rotatable bonds is 5. The predicted molar refractivity (Wildman–Crippen MR) is 97.5 cm³/mol. The summed E-state index contributed by atoms with van der Waals surface area (Å²) in [5, 5.41) is 9.52. The molecule has 0 aliphatic heterocycles. The number of allylic oxidation sites excluding steroid dienone is 1. The van der Waals surface area contributed by atoms with E-state index < -0.39 is 23.3 Å². The molecule has 1 aromatic rings. The third-order valence-electron chi connectivity index (χ3n) is 5.24. The Morgan fingerprint density at radius 2 is 1.77 bits per heavy atom. The molecular formula is C21H23FO4. The summed E-state index contributed by atoms with van der Waals surface area (Å²) in [4.78, 5) is 24.0. The third kappa shape index (κ3) is 3.40. The molecule has 0 heterocycles. The number of benzene rings is 1. The summed E-state index contributed by atoms with van der Waals surface area (Å²) < 4.78 is 18.6. The molecule has 2 rings (SSSR count). The maximum atomic E-state index is 13.0. The van der Waals surface area contributed by atoms with Crippen molar-refractivity contribution in [3.05, 3.63) is 70.1 Å². The summed E-state index contributed by atoms with van der Waals surface area (Å²) >= 11 is 0. The zero-order valence-corrected chi connectivity index (χ0v) is 15.6. The highest BCUT2D eigenvalue weighted by Gasteiger charge is 2.42. The number of carbonyl (C=O) groups excluding carboxylic acids is 1. The fraction of sp³-hybridized carbons (Fsp3) is 0.333. The molecule has 1 aliphatic carbocycles. The van der Waals surface area contributed by atoms with Crippen LogP contribution in [0.1, 0.15) is 38.1 Å². The number of hydrogen-bond donors (Lipinski definition) is 1. The minimum atomic E-state index is -0.991. The molecule has 0 saturated heterocycles. The smallest absolute Gasteiger partial charge is 0.335 e. The van der Waals surface area contributed by atoms with Gasteiger partial charge in [-0.2, -0.15) is 0 Å². The molecule has 5 heteroatoms. The molecular weight excluding hydrogens is 335 g/mol. The van der Waals surface area contributed by atoms with Crippen LogP contribution in [0, 0.1) is 11.2 Å². The Hall–Kier alpha value is -2.53. The van der Waals surface area contributed by atoms with E-state index in [1.165, 1.54) is 37.5 Å². The van der Waals surface area contributed by atoms with Crippen LogP contribution in [0.15, 0.2) is 58.7 Å². The Balaban J connectivity index is 2.45. The monoisotopic (exact) mass is 358 g/mol. The van der Waals surface area contributed by atoms with E-state index in [1.54, 1.807) is 19.9 Å². The summed E-state index contributed by atoms with van der Waals surface area (Å²) in [5.41, 5.74) is 2.08. The van der Waals surface area contributed by atoms with Crippen molar-refractivity contribution in [2.24, 2.45) is 5.41 Å². The first-order valence-corrected chi connectivity index (χ1v) is 8.27. The summed E-state index contributed by atoms with van der Waals surface area (Å²) in [7, 11) is 1.52. The van der Waals surface area contributed by atoms with Gasteiger partial charge in [0.25, 0.3) is 0 Å². The largest absolute Gasteiger partial charge is 0.478 e. The van der Waals surface area contributed by atoms with Crippen LogP contribution >= 0.6 is 0 Å². The quantitative estimate of drug-likeness (QED) is 0.628. The van der Waals surface area contributed by atoms with E-state index in [-0.39, 0.29) is 11.4 Å². The summed E-state index contributed by atoms with van der Waals surface area (Å²) in [5.74, 6) is -1.65. The number of ether oxygens (including phenoxy) is 1. The number of carboxylic acid groups (broad SMARTS) is 1. The van der Waals surface area contributed by atoms with E-state index in [9.17, 15) is 19.1 Å². The van der Waals surface area contributed by atoms with Gasteiger partial charge in [-0.15, -0.1) is 0 Å². The molecule has 0 saturated carbocycles. The lowest BCUT2D eigenvalue weighted by Gasteiger charge is -2.41. The first kappa shape index (κ1) is 19.8. The zero-order chi connectivity index (χ0) is 19.6. The van der Waals surface area contributed by atoms with E-state index in [4.69, 9.17) is 4.74 Å². The number of carbonyl (C=O) groups is 2. The molecule has 0 fully saturated rings. The topological polar surface area (TPSA) is 63.6 Å². The lowest BCUT2D eigenvalue weighted by molar-refractivity contribution is -0.132. The van der Waals surface area contributed by atoms with Gasteiger partial charge in [0.1, 0.15) is 5.82 Å². The van der Waals surface area contributed by atoms with Gasteiger partial charge in [0.05, 0.1) is 11.7 Å². The number of aliphatic carboxylic acids is 1. The molecule has 0 aromatic heterocycles. The van der Waals surface area contributed by atoms with Crippen LogP contribution in [0.2, 0.25) is 0 Å². The Kier molecular flexibility index (Phi) is 5.62. The molecule has 2 atom stereocenters. The van der Waals surface area contributed by atoms with Crippen LogP contribution in [-0.4, -0.2) is 30.1 Å². The molecule has 1 aromatic carbocycles. The van der Waals surface area contributed by atoms with Crippen molar-refractivity contribution in [3.63, 3.8) is 0 Å². The van der Waals surface area contributed by atoms with Crippen LogP contribution in [0.3, 0.4) is 0 Å². The minimum Gasteiger partial charge on any atom is -0.478 e. The van der Waals surface area contributed by atoms with Gasteiger partial charge in [-0.05, 0) is 69.2 Å². The van der Waals surface area contributed by atoms with Crippen LogP contribution in [0.5, 0.6) is 0 Å². The Morgan fingerprint density at radius 1 is 1.19 bits per heavy atom. The van der Waals surface area contributed by atoms with Crippen molar-refractivity contribution in [2.75, 3.05) is 7.11 Å². The maximum absolute atomic E-state index is 13.0. The first-order chi connectivity index (χ1) is 12.1. The number of ketones is 1. The standard InChI is InChI=1S/C21H23FO4/c1-12-14(3)21(4,19(26-5)13(2)18(12)20(24)25)11-10-17(23)15-6-8-16(22)9-7-15/h6-11,19H,1-5H3,(H,24,25). The third-order valence-corrected chi connectivity index (χ3v) is 5.24. The van der Waals surface area contributed by atoms with E-state index in [0.29, 0.717) is 16.7 Å². The molecule has 4 nitrogen and oxygen atoms in total. The van der Waals surface area contributed by atoms with E-state index in [1.807, 2.05) is 13.8 Å². The maximum Gasteiger partial charge on any atom is 0.335 e. The van der Waals surface area contributed by atoms with Crippen LogP contribution in [-0.2, 0) is 9.53 Å². The molecule has 0 spiro atoms. The second kappa shape index (κ2) is 7.38. The van der Waals surface area contributed by atoms with Crippen molar-refractivity contribution < 1.29 is 23.8 Å². The van der Waals surface area contributed by atoms with Gasteiger partial charge < -0.3 is 9.84 Å². The second-order valence-corrected chi connectivity index (χ2v) is 6.72. The van der Waals surface area contributed by atoms with Crippen molar-refractivity contribution in [1.29, 1.82) is 0 Å². The van der Waals surface area contributed by atoms with Gasteiger partial charge in [0.15, 0.2) is 5.78 Å². The second-order valence-electron chi connectivity index (χ2n) is 6.72. The molecule has 0 radical (unpaired) electrons. The average Bonchev–Trinajstić information content (AvgIpc) is 2.59. The molecule has 26 heavy (non-hydrogen) atoms. The number of hydrogen-bond acceptors (Lipinski definition) is 3. The minimum absolute atomic E-state index is 0.253. The number of carboxylic acids is 1.